The van der Waals surface area contributed by atoms with Crippen LogP contribution in [0.4, 0.5) is 0 Å². The molecule has 0 saturated heterocycles. The minimum Gasteiger partial charge on any atom is -0.476 e. The molecule has 0 unspecified atom stereocenters. The van der Waals surface area contributed by atoms with Gasteiger partial charge in [-0.2, -0.15) is 5.10 Å². The Labute approximate surface area is 103 Å². The van der Waals surface area contributed by atoms with E-state index in [2.05, 4.69) is 5.10 Å². The zero-order chi connectivity index (χ0) is 12.4. The lowest BCUT2D eigenvalue weighted by atomic mass is 10.1. The Bertz CT molecular complexity index is 549. The largest absolute Gasteiger partial charge is 0.476 e. The normalized spacial score (nSPS) is 10.5. The van der Waals surface area contributed by atoms with Crippen molar-refractivity contribution in [1.82, 2.24) is 9.78 Å². The molecule has 2 aromatic rings. The second-order valence-corrected chi connectivity index (χ2v) is 3.88. The van der Waals surface area contributed by atoms with Crippen molar-refractivity contribution in [3.63, 3.8) is 0 Å². The molecule has 4 nitrogen and oxygen atoms in total. The van der Waals surface area contributed by atoms with Crippen molar-refractivity contribution in [2.45, 2.75) is 13.5 Å². The van der Waals surface area contributed by atoms with E-state index in [4.69, 9.17) is 16.7 Å². The topological polar surface area (TPSA) is 55.1 Å². The van der Waals surface area contributed by atoms with Crippen molar-refractivity contribution in [1.29, 1.82) is 0 Å². The molecule has 0 amide bonds. The van der Waals surface area contributed by atoms with Gasteiger partial charge in [0, 0.05) is 12.1 Å². The monoisotopic (exact) mass is 250 g/mol. The molecule has 0 spiro atoms. The van der Waals surface area contributed by atoms with E-state index in [1.165, 1.54) is 0 Å². The molecule has 5 heteroatoms. The number of aryl methyl sites for hydroxylation is 1. The predicted octanol–water partition coefficient (Wildman–Crippen LogP) is 2.92. The van der Waals surface area contributed by atoms with E-state index in [1.54, 1.807) is 4.68 Å². The summed E-state index contributed by atoms with van der Waals surface area (Å²) in [6.45, 7) is 2.46. The molecule has 0 atom stereocenters. The lowest BCUT2D eigenvalue weighted by Crippen LogP contribution is -2.02. The Morgan fingerprint density at radius 2 is 2.06 bits per heavy atom. The van der Waals surface area contributed by atoms with Gasteiger partial charge in [0.15, 0.2) is 5.69 Å². The fourth-order valence-corrected chi connectivity index (χ4v) is 2.00. The summed E-state index contributed by atoms with van der Waals surface area (Å²) in [5.74, 6) is -1.11. The number of hydrogen-bond acceptors (Lipinski definition) is 2. The fourth-order valence-electron chi connectivity index (χ4n) is 1.68. The number of benzene rings is 1. The first-order chi connectivity index (χ1) is 8.15. The van der Waals surface area contributed by atoms with Crippen LogP contribution in [0.3, 0.4) is 0 Å². The average Bonchev–Trinajstić information content (AvgIpc) is 2.67. The van der Waals surface area contributed by atoms with E-state index < -0.39 is 5.97 Å². The molecule has 17 heavy (non-hydrogen) atoms. The molecule has 0 fully saturated rings. The molecular formula is C12H11ClN2O2. The van der Waals surface area contributed by atoms with E-state index in [-0.39, 0.29) is 10.7 Å². The molecule has 88 valence electrons. The molecule has 1 N–H and O–H groups in total. The summed E-state index contributed by atoms with van der Waals surface area (Å²) in [6, 6.07) is 9.39. The maximum atomic E-state index is 11.0. The van der Waals surface area contributed by atoms with E-state index in [1.807, 2.05) is 37.3 Å². The van der Waals surface area contributed by atoms with Crippen LogP contribution in [0.2, 0.25) is 5.02 Å². The zero-order valence-electron chi connectivity index (χ0n) is 9.22. The lowest BCUT2D eigenvalue weighted by Gasteiger charge is -2.04. The maximum absolute atomic E-state index is 11.0. The van der Waals surface area contributed by atoms with Crippen LogP contribution in [0.15, 0.2) is 30.3 Å². The molecule has 0 radical (unpaired) electrons. The van der Waals surface area contributed by atoms with Crippen LogP contribution >= 0.6 is 11.6 Å². The molecule has 2 rings (SSSR count). The number of hydrogen-bond donors (Lipinski definition) is 1. The summed E-state index contributed by atoms with van der Waals surface area (Å²) >= 11 is 6.07. The van der Waals surface area contributed by atoms with E-state index >= 15 is 0 Å². The van der Waals surface area contributed by atoms with Crippen molar-refractivity contribution in [3.05, 3.63) is 41.0 Å². The SMILES string of the molecule is CCn1nc(C(=O)O)c(Cl)c1-c1ccccc1. The third-order valence-corrected chi connectivity index (χ3v) is 2.80. The third kappa shape index (κ3) is 2.03. The predicted molar refractivity (Wildman–Crippen MR) is 65.3 cm³/mol. The summed E-state index contributed by atoms with van der Waals surface area (Å²) in [7, 11) is 0. The van der Waals surface area contributed by atoms with E-state index in [9.17, 15) is 4.79 Å². The number of carboxylic acids is 1. The number of carboxylic acid groups (broad SMARTS) is 1. The number of nitrogens with zero attached hydrogens (tertiary/aromatic N) is 2. The molecule has 1 heterocycles. The summed E-state index contributed by atoms with van der Waals surface area (Å²) in [4.78, 5) is 11.0. The van der Waals surface area contributed by atoms with Gasteiger partial charge in [0.05, 0.1) is 5.69 Å². The van der Waals surface area contributed by atoms with Gasteiger partial charge < -0.3 is 5.11 Å². The Balaban J connectivity index is 2.64. The van der Waals surface area contributed by atoms with E-state index in [0.29, 0.717) is 12.2 Å². The number of aromatic carboxylic acids is 1. The molecule has 0 aliphatic heterocycles. The molecule has 0 saturated carbocycles. The number of aromatic nitrogens is 2. The van der Waals surface area contributed by atoms with Gasteiger partial charge in [-0.15, -0.1) is 0 Å². The Morgan fingerprint density at radius 3 is 2.59 bits per heavy atom. The highest BCUT2D eigenvalue weighted by Gasteiger charge is 2.21. The zero-order valence-corrected chi connectivity index (χ0v) is 9.98. The molecule has 1 aromatic heterocycles. The Kier molecular flexibility index (Phi) is 3.15. The number of rotatable bonds is 3. The third-order valence-electron chi connectivity index (χ3n) is 2.44. The molecule has 0 aliphatic carbocycles. The molecule has 0 aliphatic rings. The number of carbonyl (C=O) groups is 1. The van der Waals surface area contributed by atoms with Crippen molar-refractivity contribution < 1.29 is 9.90 Å². The number of halogens is 1. The van der Waals surface area contributed by atoms with Crippen molar-refractivity contribution >= 4 is 17.6 Å². The van der Waals surface area contributed by atoms with Gasteiger partial charge in [-0.25, -0.2) is 4.79 Å². The Hall–Kier alpha value is -1.81. The fraction of sp³-hybridized carbons (Fsp3) is 0.167. The van der Waals surface area contributed by atoms with Gasteiger partial charge >= 0.3 is 5.97 Å². The standard InChI is InChI=1S/C12H11ClN2O2/c1-2-15-11(8-6-4-3-5-7-8)9(13)10(14-15)12(16)17/h3-7H,2H2,1H3,(H,16,17). The van der Waals surface area contributed by atoms with Crippen LogP contribution < -0.4 is 0 Å². The van der Waals surface area contributed by atoms with Gasteiger partial charge in [-0.1, -0.05) is 41.9 Å². The quantitative estimate of drug-likeness (QED) is 0.911. The van der Waals surface area contributed by atoms with Crippen LogP contribution in [-0.4, -0.2) is 20.9 Å². The van der Waals surface area contributed by atoms with Gasteiger partial charge in [-0.05, 0) is 6.92 Å². The summed E-state index contributed by atoms with van der Waals surface area (Å²) < 4.78 is 1.60. The first-order valence-corrected chi connectivity index (χ1v) is 5.58. The second kappa shape index (κ2) is 4.59. The van der Waals surface area contributed by atoms with Crippen LogP contribution in [-0.2, 0) is 6.54 Å². The minimum absolute atomic E-state index is 0.104. The van der Waals surface area contributed by atoms with Crippen LogP contribution in [0, 0.1) is 0 Å². The molecule has 0 bridgehead atoms. The van der Waals surface area contributed by atoms with Crippen molar-refractivity contribution in [2.75, 3.05) is 0 Å². The summed E-state index contributed by atoms with van der Waals surface area (Å²) in [6.07, 6.45) is 0. The molecule has 1 aromatic carbocycles. The highest BCUT2D eigenvalue weighted by Crippen LogP contribution is 2.30. The van der Waals surface area contributed by atoms with Crippen molar-refractivity contribution in [3.8, 4) is 11.3 Å². The van der Waals surface area contributed by atoms with Gasteiger partial charge in [0.25, 0.3) is 0 Å². The minimum atomic E-state index is -1.11. The summed E-state index contributed by atoms with van der Waals surface area (Å²) in [5.41, 5.74) is 1.40. The Morgan fingerprint density at radius 1 is 1.41 bits per heavy atom. The van der Waals surface area contributed by atoms with Gasteiger partial charge in [-0.3, -0.25) is 4.68 Å². The van der Waals surface area contributed by atoms with Gasteiger partial charge in [0.2, 0.25) is 0 Å². The second-order valence-electron chi connectivity index (χ2n) is 3.50. The first-order valence-electron chi connectivity index (χ1n) is 5.20. The van der Waals surface area contributed by atoms with Crippen LogP contribution in [0.1, 0.15) is 17.4 Å². The van der Waals surface area contributed by atoms with Crippen molar-refractivity contribution in [2.24, 2.45) is 0 Å². The lowest BCUT2D eigenvalue weighted by molar-refractivity contribution is 0.0689. The van der Waals surface area contributed by atoms with Crippen LogP contribution in [0.25, 0.3) is 11.3 Å². The maximum Gasteiger partial charge on any atom is 0.358 e. The first kappa shape index (κ1) is 11.7. The average molecular weight is 251 g/mol. The highest BCUT2D eigenvalue weighted by molar-refractivity contribution is 6.35. The summed E-state index contributed by atoms with van der Waals surface area (Å²) in [5, 5.41) is 13.2. The van der Waals surface area contributed by atoms with Crippen LogP contribution in [0.5, 0.6) is 0 Å². The highest BCUT2D eigenvalue weighted by atomic mass is 35.5. The van der Waals surface area contributed by atoms with E-state index in [0.717, 1.165) is 5.56 Å². The smallest absolute Gasteiger partial charge is 0.358 e. The van der Waals surface area contributed by atoms with Gasteiger partial charge in [0.1, 0.15) is 5.02 Å². The molecular weight excluding hydrogens is 240 g/mol.